The van der Waals surface area contributed by atoms with E-state index >= 15 is 0 Å². The van der Waals surface area contributed by atoms with Crippen LogP contribution in [-0.4, -0.2) is 30.4 Å². The number of hydrogen-bond acceptors (Lipinski definition) is 8. The summed E-state index contributed by atoms with van der Waals surface area (Å²) in [7, 11) is 0. The number of hydrogen-bond donors (Lipinski definition) is 0. The van der Waals surface area contributed by atoms with Crippen molar-refractivity contribution in [3.63, 3.8) is 0 Å². The molecule has 4 aromatic rings. The quantitative estimate of drug-likeness (QED) is 0.193. The van der Waals surface area contributed by atoms with Gasteiger partial charge in [-0.25, -0.2) is 9.79 Å². The Kier molecular flexibility index (Phi) is 9.87. The molecule has 0 spiro atoms. The van der Waals surface area contributed by atoms with E-state index in [1.165, 1.54) is 11.3 Å². The Morgan fingerprint density at radius 3 is 2.34 bits per heavy atom. The zero-order valence-corrected chi connectivity index (χ0v) is 26.5. The molecule has 228 valence electrons. The van der Waals surface area contributed by atoms with Crippen LogP contribution in [0.3, 0.4) is 0 Å². The highest BCUT2D eigenvalue weighted by molar-refractivity contribution is 7.07. The maximum absolute atomic E-state index is 14.0. The summed E-state index contributed by atoms with van der Waals surface area (Å²) in [6.07, 6.45) is 1.80. The normalized spacial score (nSPS) is 14.6. The van der Waals surface area contributed by atoms with E-state index in [-0.39, 0.29) is 12.2 Å². The fourth-order valence-corrected chi connectivity index (χ4v) is 6.09. The van der Waals surface area contributed by atoms with E-state index in [1.807, 2.05) is 80.6 Å². The highest BCUT2D eigenvalue weighted by Crippen LogP contribution is 2.32. The van der Waals surface area contributed by atoms with E-state index in [9.17, 15) is 9.59 Å². The molecule has 1 aromatic heterocycles. The molecule has 10 heteroatoms. The van der Waals surface area contributed by atoms with Crippen molar-refractivity contribution in [3.05, 3.63) is 119 Å². The number of thiazole rings is 1. The summed E-state index contributed by atoms with van der Waals surface area (Å²) in [5, 5.41) is 0.663. The standard InChI is InChI=1S/C34H33ClN2O6S/c1-5-40-26-15-11-24(12-16-26)31-30(33(39)42-7-3)21(4)36-34-37(31)32(38)29(44-34)19-23-10-17-27(28(18-23)41-6-2)43-20-22-8-13-25(35)14-9-22/h8-19,31H,5-7,20H2,1-4H3/b29-19-/t31-/m1/s1. The van der Waals surface area contributed by atoms with Crippen molar-refractivity contribution in [2.75, 3.05) is 19.8 Å². The van der Waals surface area contributed by atoms with Crippen molar-refractivity contribution in [1.29, 1.82) is 0 Å². The number of ether oxygens (including phenoxy) is 4. The Morgan fingerprint density at radius 1 is 0.932 bits per heavy atom. The minimum absolute atomic E-state index is 0.206. The van der Waals surface area contributed by atoms with E-state index in [4.69, 9.17) is 30.5 Å². The Labute approximate surface area is 264 Å². The zero-order valence-electron chi connectivity index (χ0n) is 25.0. The zero-order chi connectivity index (χ0) is 31.2. The number of rotatable bonds is 11. The average molecular weight is 633 g/mol. The van der Waals surface area contributed by atoms with Crippen LogP contribution in [-0.2, 0) is 16.1 Å². The summed E-state index contributed by atoms with van der Waals surface area (Å²) < 4.78 is 25.0. The number of aromatic nitrogens is 1. The largest absolute Gasteiger partial charge is 0.494 e. The molecule has 0 saturated carbocycles. The molecule has 2 heterocycles. The van der Waals surface area contributed by atoms with Gasteiger partial charge in [0.2, 0.25) is 0 Å². The molecule has 0 N–H and O–H groups in total. The Balaban J connectivity index is 1.54. The van der Waals surface area contributed by atoms with Crippen molar-refractivity contribution in [2.24, 2.45) is 4.99 Å². The van der Waals surface area contributed by atoms with Crippen LogP contribution in [0.25, 0.3) is 6.08 Å². The monoisotopic (exact) mass is 632 g/mol. The first-order valence-electron chi connectivity index (χ1n) is 14.4. The van der Waals surface area contributed by atoms with Gasteiger partial charge in [-0.3, -0.25) is 9.36 Å². The summed E-state index contributed by atoms with van der Waals surface area (Å²) in [5.74, 6) is 1.35. The van der Waals surface area contributed by atoms with Gasteiger partial charge in [0, 0.05) is 5.02 Å². The SMILES string of the molecule is CCOC(=O)C1=C(C)N=c2s/c(=C\c3ccc(OCc4ccc(Cl)cc4)c(OCC)c3)c(=O)n2[C@@H]1c1ccc(OCC)cc1. The number of fused-ring (bicyclic) bond motifs is 1. The molecular weight excluding hydrogens is 600 g/mol. The average Bonchev–Trinajstić information content (AvgIpc) is 3.31. The third kappa shape index (κ3) is 6.74. The molecule has 1 aliphatic rings. The molecule has 3 aromatic carbocycles. The first-order chi connectivity index (χ1) is 21.3. The molecule has 1 aliphatic heterocycles. The van der Waals surface area contributed by atoms with Gasteiger partial charge < -0.3 is 18.9 Å². The van der Waals surface area contributed by atoms with Gasteiger partial charge in [-0.1, -0.05) is 53.3 Å². The number of allylic oxidation sites excluding steroid dienone is 1. The molecule has 0 aliphatic carbocycles. The van der Waals surface area contributed by atoms with Gasteiger partial charge >= 0.3 is 5.97 Å². The van der Waals surface area contributed by atoms with Gasteiger partial charge in [0.1, 0.15) is 12.4 Å². The highest BCUT2D eigenvalue weighted by atomic mass is 35.5. The molecule has 0 unspecified atom stereocenters. The van der Waals surface area contributed by atoms with Crippen LogP contribution in [0.15, 0.2) is 87.8 Å². The number of carbonyl (C=O) groups is 1. The lowest BCUT2D eigenvalue weighted by Gasteiger charge is -2.24. The maximum atomic E-state index is 14.0. The van der Waals surface area contributed by atoms with Gasteiger partial charge in [-0.05, 0) is 86.9 Å². The Bertz CT molecular complexity index is 1860. The van der Waals surface area contributed by atoms with E-state index in [0.717, 1.165) is 16.7 Å². The van der Waals surface area contributed by atoms with E-state index in [0.29, 0.717) is 62.7 Å². The number of halogens is 1. The van der Waals surface area contributed by atoms with Crippen LogP contribution in [0, 0.1) is 0 Å². The predicted molar refractivity (Wildman–Crippen MR) is 171 cm³/mol. The lowest BCUT2D eigenvalue weighted by Crippen LogP contribution is -2.39. The van der Waals surface area contributed by atoms with Gasteiger partial charge in [-0.15, -0.1) is 0 Å². The lowest BCUT2D eigenvalue weighted by atomic mass is 9.96. The van der Waals surface area contributed by atoms with Crippen molar-refractivity contribution < 1.29 is 23.7 Å². The number of carbonyl (C=O) groups excluding carboxylic acids is 1. The van der Waals surface area contributed by atoms with Gasteiger partial charge in [0.15, 0.2) is 16.3 Å². The van der Waals surface area contributed by atoms with Gasteiger partial charge in [0.05, 0.1) is 41.7 Å². The van der Waals surface area contributed by atoms with Crippen molar-refractivity contribution in [1.82, 2.24) is 4.57 Å². The fraction of sp³-hybridized carbons (Fsp3) is 0.265. The van der Waals surface area contributed by atoms with Gasteiger partial charge in [0.25, 0.3) is 5.56 Å². The number of esters is 1. The summed E-state index contributed by atoms with van der Waals surface area (Å²) in [4.78, 5) is 32.3. The first-order valence-corrected chi connectivity index (χ1v) is 15.6. The molecule has 0 saturated heterocycles. The molecule has 0 radical (unpaired) electrons. The second kappa shape index (κ2) is 14.0. The molecule has 0 bridgehead atoms. The predicted octanol–water partition coefficient (Wildman–Crippen LogP) is 5.83. The fourth-order valence-electron chi connectivity index (χ4n) is 4.91. The number of nitrogens with zero attached hydrogens (tertiary/aromatic N) is 2. The molecule has 44 heavy (non-hydrogen) atoms. The minimum Gasteiger partial charge on any atom is -0.494 e. The summed E-state index contributed by atoms with van der Waals surface area (Å²) in [5.41, 5.74) is 3.06. The van der Waals surface area contributed by atoms with E-state index in [2.05, 4.69) is 4.99 Å². The Hall–Kier alpha value is -4.34. The van der Waals surface area contributed by atoms with Crippen molar-refractivity contribution in [3.8, 4) is 17.2 Å². The molecule has 0 amide bonds. The third-order valence-electron chi connectivity index (χ3n) is 6.90. The first kappa shape index (κ1) is 31.1. The van der Waals surface area contributed by atoms with Crippen LogP contribution in [0.2, 0.25) is 5.02 Å². The maximum Gasteiger partial charge on any atom is 0.338 e. The minimum atomic E-state index is -0.703. The molecular formula is C34H33ClN2O6S. The second-order valence-electron chi connectivity index (χ2n) is 9.86. The lowest BCUT2D eigenvalue weighted by molar-refractivity contribution is -0.139. The van der Waals surface area contributed by atoms with E-state index in [1.54, 1.807) is 24.5 Å². The van der Waals surface area contributed by atoms with Gasteiger partial charge in [-0.2, -0.15) is 0 Å². The second-order valence-corrected chi connectivity index (χ2v) is 11.3. The van der Waals surface area contributed by atoms with Crippen LogP contribution in [0.4, 0.5) is 0 Å². The summed E-state index contributed by atoms with van der Waals surface area (Å²) >= 11 is 7.26. The van der Waals surface area contributed by atoms with Crippen LogP contribution < -0.4 is 29.1 Å². The molecule has 8 nitrogen and oxygen atoms in total. The smallest absolute Gasteiger partial charge is 0.338 e. The summed E-state index contributed by atoms with van der Waals surface area (Å²) in [6.45, 7) is 8.86. The summed E-state index contributed by atoms with van der Waals surface area (Å²) in [6, 6.07) is 19.7. The van der Waals surface area contributed by atoms with Crippen molar-refractivity contribution >= 4 is 35.0 Å². The van der Waals surface area contributed by atoms with Crippen LogP contribution in [0.1, 0.15) is 50.4 Å². The topological polar surface area (TPSA) is 88.4 Å². The number of benzene rings is 3. The van der Waals surface area contributed by atoms with E-state index < -0.39 is 12.0 Å². The highest BCUT2D eigenvalue weighted by Gasteiger charge is 2.33. The Morgan fingerprint density at radius 2 is 1.66 bits per heavy atom. The van der Waals surface area contributed by atoms with Crippen LogP contribution in [0.5, 0.6) is 17.2 Å². The third-order valence-corrected chi connectivity index (χ3v) is 8.13. The molecule has 5 rings (SSSR count). The molecule has 1 atom stereocenters. The molecule has 0 fully saturated rings. The van der Waals surface area contributed by atoms with Crippen molar-refractivity contribution in [2.45, 2.75) is 40.3 Å². The van der Waals surface area contributed by atoms with Crippen LogP contribution >= 0.6 is 22.9 Å².